The number of aryl methyl sites for hydroxylation is 1. The van der Waals surface area contributed by atoms with E-state index in [0.717, 1.165) is 46.9 Å². The second-order valence-corrected chi connectivity index (χ2v) is 6.47. The number of nitrogens with zero attached hydrogens (tertiary/aromatic N) is 3. The Bertz CT molecular complexity index is 1060. The summed E-state index contributed by atoms with van der Waals surface area (Å²) in [5, 5.41) is 1.21. The molecular weight excluding hydrogens is 334 g/mol. The average Bonchev–Trinajstić information content (AvgIpc) is 3.16. The number of fused-ring (bicyclic) bond motifs is 2. The summed E-state index contributed by atoms with van der Waals surface area (Å²) in [4.78, 5) is 17.8. The summed E-state index contributed by atoms with van der Waals surface area (Å²) in [6.07, 6.45) is 3.73. The predicted molar refractivity (Wildman–Crippen MR) is 116 cm³/mol. The monoisotopic (exact) mass is 363 g/mol. The molecule has 0 aliphatic carbocycles. The quantitative estimate of drug-likeness (QED) is 0.473. The van der Waals surface area contributed by atoms with Gasteiger partial charge in [0.15, 0.2) is 5.65 Å². The van der Waals surface area contributed by atoms with Crippen molar-refractivity contribution in [3.8, 4) is 11.3 Å². The molecule has 142 valence electrons. The summed E-state index contributed by atoms with van der Waals surface area (Å²) in [6.45, 7) is 7.53. The molecule has 0 spiro atoms. The molecule has 0 atom stereocenters. The molecule has 0 unspecified atom stereocenters. The minimum Gasteiger partial charge on any atom is -0.354 e. The molecule has 5 heteroatoms. The van der Waals surface area contributed by atoms with Gasteiger partial charge in [-0.15, -0.1) is 6.58 Å². The Morgan fingerprint density at radius 2 is 1.96 bits per heavy atom. The molecule has 5 nitrogen and oxygen atoms in total. The zero-order valence-electron chi connectivity index (χ0n) is 14.5. The normalized spacial score (nSPS) is 10.8. The van der Waals surface area contributed by atoms with Gasteiger partial charge in [0.25, 0.3) is 0 Å². The molecule has 3 aromatic heterocycles. The van der Waals surface area contributed by atoms with Crippen molar-refractivity contribution < 1.29 is 0 Å². The van der Waals surface area contributed by atoms with Crippen molar-refractivity contribution >= 4 is 22.1 Å². The van der Waals surface area contributed by atoms with E-state index in [1.54, 1.807) is 6.20 Å². The number of rotatable bonds is 5. The second kappa shape index (κ2) is 8.18. The van der Waals surface area contributed by atoms with E-state index in [-0.39, 0.29) is 14.9 Å². The van der Waals surface area contributed by atoms with Crippen LogP contribution in [0.4, 0.5) is 0 Å². The van der Waals surface area contributed by atoms with Gasteiger partial charge in [-0.2, -0.15) is 0 Å². The van der Waals surface area contributed by atoms with E-state index in [1.165, 1.54) is 10.9 Å². The Hall–Kier alpha value is -2.92. The Kier molecular flexibility index (Phi) is 6.18. The first kappa shape index (κ1) is 20.4. The van der Waals surface area contributed by atoms with Gasteiger partial charge in [0, 0.05) is 41.4 Å². The van der Waals surface area contributed by atoms with Gasteiger partial charge >= 0.3 is 0 Å². The molecule has 4 rings (SSSR count). The Morgan fingerprint density at radius 3 is 2.74 bits per heavy atom. The topological polar surface area (TPSA) is 60.6 Å². The van der Waals surface area contributed by atoms with Crippen molar-refractivity contribution in [2.45, 2.75) is 28.3 Å². The molecule has 27 heavy (non-hydrogen) atoms. The van der Waals surface area contributed by atoms with Gasteiger partial charge in [0.05, 0.1) is 5.52 Å². The highest BCUT2D eigenvalue weighted by Crippen LogP contribution is 2.29. The van der Waals surface area contributed by atoms with Gasteiger partial charge < -0.3 is 9.97 Å². The first-order valence-electron chi connectivity index (χ1n) is 8.37. The van der Waals surface area contributed by atoms with E-state index in [9.17, 15) is 0 Å². The van der Waals surface area contributed by atoms with E-state index in [2.05, 4.69) is 62.7 Å². The summed E-state index contributed by atoms with van der Waals surface area (Å²) in [5.41, 5.74) is 6.30. The highest BCUT2D eigenvalue weighted by Gasteiger charge is 2.11. The van der Waals surface area contributed by atoms with Crippen LogP contribution >= 0.6 is 0 Å². The molecule has 1 aromatic carbocycles. The number of aromatic nitrogens is 4. The number of pyridine rings is 1. The predicted octanol–water partition coefficient (Wildman–Crippen LogP) is 5.30. The van der Waals surface area contributed by atoms with Crippen molar-refractivity contribution in [2.24, 2.45) is 0 Å². The smallest absolute Gasteiger partial charge is 0.178 e. The first-order valence-corrected chi connectivity index (χ1v) is 8.37. The summed E-state index contributed by atoms with van der Waals surface area (Å²) in [5.74, 6) is 0.874. The van der Waals surface area contributed by atoms with E-state index in [1.807, 2.05) is 19.1 Å². The van der Waals surface area contributed by atoms with Gasteiger partial charge in [-0.3, -0.25) is 4.90 Å². The van der Waals surface area contributed by atoms with Crippen LogP contribution in [0.2, 0.25) is 0 Å². The van der Waals surface area contributed by atoms with Crippen LogP contribution < -0.4 is 0 Å². The number of hydrogen-bond acceptors (Lipinski definition) is 3. The van der Waals surface area contributed by atoms with E-state index >= 15 is 0 Å². The highest BCUT2D eigenvalue weighted by molar-refractivity contribution is 5.94. The molecule has 0 saturated heterocycles. The molecule has 3 heterocycles. The lowest BCUT2D eigenvalue weighted by atomic mass is 10.1. The molecule has 0 radical (unpaired) electrons. The van der Waals surface area contributed by atoms with Crippen molar-refractivity contribution in [3.05, 3.63) is 60.6 Å². The maximum atomic E-state index is 4.42. The van der Waals surface area contributed by atoms with Gasteiger partial charge in [-0.25, -0.2) is 9.97 Å². The fourth-order valence-electron chi connectivity index (χ4n) is 3.27. The summed E-state index contributed by atoms with van der Waals surface area (Å²) < 4.78 is 0. The van der Waals surface area contributed by atoms with Crippen LogP contribution in [0.25, 0.3) is 33.3 Å². The number of imidazole rings is 1. The summed E-state index contributed by atoms with van der Waals surface area (Å²) in [7, 11) is 2.10. The number of aromatic amines is 2. The SMILES string of the molecule is C.C.C=CCN(C)Cc1ccc2[nH]c(-c3ccnc4nc(C)[nH]c34)cc2c1. The van der Waals surface area contributed by atoms with Crippen LogP contribution in [0.5, 0.6) is 0 Å². The number of H-pyrrole nitrogens is 2. The largest absolute Gasteiger partial charge is 0.354 e. The van der Waals surface area contributed by atoms with Crippen LogP contribution in [0.1, 0.15) is 26.2 Å². The summed E-state index contributed by atoms with van der Waals surface area (Å²) in [6, 6.07) is 10.8. The maximum Gasteiger partial charge on any atom is 0.178 e. The zero-order valence-corrected chi connectivity index (χ0v) is 14.5. The molecule has 0 bridgehead atoms. The lowest BCUT2D eigenvalue weighted by Crippen LogP contribution is -2.17. The van der Waals surface area contributed by atoms with Crippen molar-refractivity contribution in [2.75, 3.05) is 13.6 Å². The average molecular weight is 364 g/mol. The van der Waals surface area contributed by atoms with Crippen LogP contribution in [-0.4, -0.2) is 38.4 Å². The Balaban J connectivity index is 0.00000131. The van der Waals surface area contributed by atoms with E-state index in [0.29, 0.717) is 0 Å². The number of benzene rings is 1. The number of nitrogens with one attached hydrogen (secondary N) is 2. The van der Waals surface area contributed by atoms with Crippen LogP contribution in [0.15, 0.2) is 49.2 Å². The molecular formula is C22H29N5. The van der Waals surface area contributed by atoms with Gasteiger partial charge in [-0.05, 0) is 43.8 Å². The van der Waals surface area contributed by atoms with E-state index in [4.69, 9.17) is 0 Å². The van der Waals surface area contributed by atoms with Crippen molar-refractivity contribution in [1.82, 2.24) is 24.8 Å². The van der Waals surface area contributed by atoms with Gasteiger partial charge in [-0.1, -0.05) is 27.0 Å². The zero-order chi connectivity index (χ0) is 17.4. The molecule has 0 saturated carbocycles. The molecule has 0 aliphatic heterocycles. The highest BCUT2D eigenvalue weighted by atomic mass is 15.1. The third kappa shape index (κ3) is 3.93. The maximum absolute atomic E-state index is 4.42. The van der Waals surface area contributed by atoms with Crippen LogP contribution in [0, 0.1) is 6.92 Å². The van der Waals surface area contributed by atoms with Crippen LogP contribution in [-0.2, 0) is 6.54 Å². The van der Waals surface area contributed by atoms with Crippen molar-refractivity contribution in [3.63, 3.8) is 0 Å². The standard InChI is InChI=1S/C20H21N5.2CH4/c1-4-9-25(3)12-14-5-6-17-15(10-14)11-18(24-17)16-7-8-21-20-19(16)22-13(2)23-20;;/h4-8,10-11,24H,1,9,12H2,2-3H3,(H,21,22,23);2*1H4. The third-order valence-corrected chi connectivity index (χ3v) is 4.38. The first-order chi connectivity index (χ1) is 12.1. The molecule has 0 fully saturated rings. The Morgan fingerprint density at radius 1 is 1.15 bits per heavy atom. The fraction of sp³-hybridized carbons (Fsp3) is 0.273. The minimum atomic E-state index is 0. The second-order valence-electron chi connectivity index (χ2n) is 6.47. The van der Waals surface area contributed by atoms with Gasteiger partial charge in [0.1, 0.15) is 5.82 Å². The van der Waals surface area contributed by atoms with Gasteiger partial charge in [0.2, 0.25) is 0 Å². The lowest BCUT2D eigenvalue weighted by molar-refractivity contribution is 0.364. The molecule has 0 amide bonds. The molecule has 0 aliphatic rings. The summed E-state index contributed by atoms with van der Waals surface area (Å²) >= 11 is 0. The fourth-order valence-corrected chi connectivity index (χ4v) is 3.27. The molecule has 4 aromatic rings. The van der Waals surface area contributed by atoms with Crippen molar-refractivity contribution in [1.29, 1.82) is 0 Å². The number of hydrogen-bond donors (Lipinski definition) is 2. The third-order valence-electron chi connectivity index (χ3n) is 4.38. The number of likely N-dealkylation sites (N-methyl/N-ethyl adjacent to an activating group) is 1. The minimum absolute atomic E-state index is 0. The molecule has 2 N–H and O–H groups in total. The van der Waals surface area contributed by atoms with Crippen LogP contribution in [0.3, 0.4) is 0 Å². The van der Waals surface area contributed by atoms with E-state index < -0.39 is 0 Å². The Labute approximate surface area is 161 Å². The lowest BCUT2D eigenvalue weighted by Gasteiger charge is -2.13.